The molecule has 0 aromatic carbocycles. The van der Waals surface area contributed by atoms with Gasteiger partial charge in [-0.3, -0.25) is 9.69 Å². The Labute approximate surface area is 93.7 Å². The first-order chi connectivity index (χ1) is 6.91. The number of alkyl halides is 2. The van der Waals surface area contributed by atoms with Crippen LogP contribution < -0.4 is 0 Å². The van der Waals surface area contributed by atoms with E-state index >= 15 is 0 Å². The number of ketones is 1. The van der Waals surface area contributed by atoms with Gasteiger partial charge in [0.25, 0.3) is 5.92 Å². The highest BCUT2D eigenvalue weighted by Gasteiger charge is 2.37. The molecule has 1 unspecified atom stereocenters. The Morgan fingerprint density at radius 1 is 1.67 bits per heavy atom. The SMILES string of the molecule is CC(S)C(=O)/C=C/CN1CCC(F)(F)C1. The number of carbonyl (C=O) groups is 1. The zero-order valence-corrected chi connectivity index (χ0v) is 9.51. The summed E-state index contributed by atoms with van der Waals surface area (Å²) in [4.78, 5) is 12.7. The molecular formula is C10H15F2NOS. The third-order valence-electron chi connectivity index (χ3n) is 2.31. The quantitative estimate of drug-likeness (QED) is 0.592. The monoisotopic (exact) mass is 235 g/mol. The second-order valence-electron chi connectivity index (χ2n) is 3.82. The molecule has 86 valence electrons. The first kappa shape index (κ1) is 12.6. The van der Waals surface area contributed by atoms with Gasteiger partial charge in [-0.15, -0.1) is 0 Å². The van der Waals surface area contributed by atoms with Crippen LogP contribution in [-0.2, 0) is 4.79 Å². The minimum atomic E-state index is -2.56. The van der Waals surface area contributed by atoms with Gasteiger partial charge in [0.15, 0.2) is 5.78 Å². The number of allylic oxidation sites excluding steroid dienone is 1. The predicted molar refractivity (Wildman–Crippen MR) is 58.6 cm³/mol. The lowest BCUT2D eigenvalue weighted by Gasteiger charge is -2.12. The summed E-state index contributed by atoms with van der Waals surface area (Å²) in [6.45, 7) is 2.27. The van der Waals surface area contributed by atoms with E-state index in [0.29, 0.717) is 13.1 Å². The molecule has 1 rings (SSSR count). The summed E-state index contributed by atoms with van der Waals surface area (Å²) in [5.41, 5.74) is 0. The molecule has 1 aliphatic heterocycles. The molecule has 0 aliphatic carbocycles. The van der Waals surface area contributed by atoms with E-state index in [0.717, 1.165) is 0 Å². The van der Waals surface area contributed by atoms with Crippen LogP contribution in [0.15, 0.2) is 12.2 Å². The summed E-state index contributed by atoms with van der Waals surface area (Å²) in [5.74, 6) is -2.65. The molecule has 0 aromatic heterocycles. The van der Waals surface area contributed by atoms with Crippen LogP contribution in [0.3, 0.4) is 0 Å². The van der Waals surface area contributed by atoms with Gasteiger partial charge in [-0.1, -0.05) is 6.08 Å². The van der Waals surface area contributed by atoms with E-state index in [-0.39, 0.29) is 24.0 Å². The Hall–Kier alpha value is -0.420. The molecule has 1 aliphatic rings. The Morgan fingerprint density at radius 2 is 2.33 bits per heavy atom. The van der Waals surface area contributed by atoms with Crippen LogP contribution in [0, 0.1) is 0 Å². The molecule has 0 saturated carbocycles. The zero-order valence-electron chi connectivity index (χ0n) is 8.62. The summed E-state index contributed by atoms with van der Waals surface area (Å²) in [7, 11) is 0. The van der Waals surface area contributed by atoms with Crippen molar-refractivity contribution in [2.45, 2.75) is 24.5 Å². The van der Waals surface area contributed by atoms with E-state index < -0.39 is 5.92 Å². The molecule has 0 radical (unpaired) electrons. The van der Waals surface area contributed by atoms with E-state index in [1.807, 2.05) is 0 Å². The van der Waals surface area contributed by atoms with Crippen molar-refractivity contribution in [3.05, 3.63) is 12.2 Å². The number of hydrogen-bond acceptors (Lipinski definition) is 3. The molecule has 5 heteroatoms. The van der Waals surface area contributed by atoms with Gasteiger partial charge in [0.05, 0.1) is 11.8 Å². The fraction of sp³-hybridized carbons (Fsp3) is 0.700. The van der Waals surface area contributed by atoms with Crippen molar-refractivity contribution in [3.63, 3.8) is 0 Å². The van der Waals surface area contributed by atoms with Gasteiger partial charge in [0.2, 0.25) is 0 Å². The van der Waals surface area contributed by atoms with Crippen molar-refractivity contribution >= 4 is 18.4 Å². The Morgan fingerprint density at radius 3 is 2.80 bits per heavy atom. The maximum absolute atomic E-state index is 12.8. The Bertz CT molecular complexity index is 266. The smallest absolute Gasteiger partial charge is 0.261 e. The lowest BCUT2D eigenvalue weighted by molar-refractivity contribution is -0.113. The van der Waals surface area contributed by atoms with Gasteiger partial charge in [0, 0.05) is 19.5 Å². The van der Waals surface area contributed by atoms with Gasteiger partial charge < -0.3 is 0 Å². The minimum absolute atomic E-state index is 0.0856. The summed E-state index contributed by atoms with van der Waals surface area (Å²) in [6, 6.07) is 0. The summed E-state index contributed by atoms with van der Waals surface area (Å²) < 4.78 is 25.5. The van der Waals surface area contributed by atoms with Gasteiger partial charge in [-0.2, -0.15) is 12.6 Å². The summed E-state index contributed by atoms with van der Waals surface area (Å²) >= 11 is 3.97. The lowest BCUT2D eigenvalue weighted by Crippen LogP contribution is -2.25. The molecule has 2 nitrogen and oxygen atoms in total. The van der Waals surface area contributed by atoms with Gasteiger partial charge in [0.1, 0.15) is 0 Å². The molecular weight excluding hydrogens is 220 g/mol. The molecule has 15 heavy (non-hydrogen) atoms. The van der Waals surface area contributed by atoms with E-state index in [4.69, 9.17) is 0 Å². The average Bonchev–Trinajstić information content (AvgIpc) is 2.45. The second kappa shape index (κ2) is 5.07. The number of rotatable bonds is 4. The topological polar surface area (TPSA) is 20.3 Å². The van der Waals surface area contributed by atoms with Crippen molar-refractivity contribution in [3.8, 4) is 0 Å². The van der Waals surface area contributed by atoms with Crippen LogP contribution >= 0.6 is 12.6 Å². The second-order valence-corrected chi connectivity index (χ2v) is 4.60. The molecule has 1 atom stereocenters. The number of thiol groups is 1. The largest absolute Gasteiger partial charge is 0.294 e. The summed E-state index contributed by atoms with van der Waals surface area (Å²) in [5, 5.41) is -0.332. The normalized spacial score (nSPS) is 23.5. The highest BCUT2D eigenvalue weighted by atomic mass is 32.1. The number of halogens is 2. The Balaban J connectivity index is 2.30. The average molecular weight is 235 g/mol. The molecule has 1 saturated heterocycles. The minimum Gasteiger partial charge on any atom is -0.294 e. The maximum Gasteiger partial charge on any atom is 0.261 e. The van der Waals surface area contributed by atoms with Crippen molar-refractivity contribution in [1.29, 1.82) is 0 Å². The Kier molecular flexibility index (Phi) is 4.28. The molecule has 0 aromatic rings. The third-order valence-corrected chi connectivity index (χ3v) is 2.56. The van der Waals surface area contributed by atoms with Crippen molar-refractivity contribution < 1.29 is 13.6 Å². The molecule has 0 spiro atoms. The first-order valence-corrected chi connectivity index (χ1v) is 5.41. The van der Waals surface area contributed by atoms with Gasteiger partial charge in [-0.25, -0.2) is 8.78 Å². The van der Waals surface area contributed by atoms with E-state index in [1.165, 1.54) is 6.08 Å². The number of hydrogen-bond donors (Lipinski definition) is 1. The number of likely N-dealkylation sites (tertiary alicyclic amines) is 1. The predicted octanol–water partition coefficient (Wildman–Crippen LogP) is 1.77. The van der Waals surface area contributed by atoms with Crippen LogP contribution in [0.2, 0.25) is 0 Å². The standard InChI is InChI=1S/C10H15F2NOS/c1-8(15)9(14)3-2-5-13-6-4-10(11,12)7-13/h2-3,8,15H,4-7H2,1H3/b3-2+. The molecule has 0 N–H and O–H groups in total. The van der Waals surface area contributed by atoms with Crippen molar-refractivity contribution in [2.24, 2.45) is 0 Å². The maximum atomic E-state index is 12.8. The van der Waals surface area contributed by atoms with Gasteiger partial charge >= 0.3 is 0 Å². The third kappa shape index (κ3) is 4.30. The van der Waals surface area contributed by atoms with Crippen LogP contribution in [0.4, 0.5) is 8.78 Å². The van der Waals surface area contributed by atoms with Gasteiger partial charge in [-0.05, 0) is 13.0 Å². The van der Waals surface area contributed by atoms with Crippen LogP contribution in [0.5, 0.6) is 0 Å². The molecule has 0 bridgehead atoms. The van der Waals surface area contributed by atoms with E-state index in [9.17, 15) is 13.6 Å². The van der Waals surface area contributed by atoms with E-state index in [1.54, 1.807) is 17.9 Å². The van der Waals surface area contributed by atoms with E-state index in [2.05, 4.69) is 12.6 Å². The fourth-order valence-electron chi connectivity index (χ4n) is 1.42. The highest BCUT2D eigenvalue weighted by molar-refractivity contribution is 7.81. The zero-order chi connectivity index (χ0) is 11.5. The molecule has 0 amide bonds. The van der Waals surface area contributed by atoms with Crippen LogP contribution in [0.25, 0.3) is 0 Å². The van der Waals surface area contributed by atoms with Crippen molar-refractivity contribution in [1.82, 2.24) is 4.90 Å². The lowest BCUT2D eigenvalue weighted by atomic mass is 10.3. The van der Waals surface area contributed by atoms with Crippen LogP contribution in [0.1, 0.15) is 13.3 Å². The first-order valence-electron chi connectivity index (χ1n) is 4.89. The summed E-state index contributed by atoms with van der Waals surface area (Å²) in [6.07, 6.45) is 2.95. The number of nitrogens with zero attached hydrogens (tertiary/aromatic N) is 1. The molecule has 1 fully saturated rings. The van der Waals surface area contributed by atoms with Crippen molar-refractivity contribution in [2.75, 3.05) is 19.6 Å². The highest BCUT2D eigenvalue weighted by Crippen LogP contribution is 2.26. The molecule has 1 heterocycles. The fourth-order valence-corrected chi connectivity index (χ4v) is 1.51. The number of carbonyl (C=O) groups excluding carboxylic acids is 1. The van der Waals surface area contributed by atoms with Crippen LogP contribution in [-0.4, -0.2) is 41.5 Å².